The SMILES string of the molecule is COc1cc2c3c(c1)-c1c(ccc(O)c1O)C[C@@H]3N(C)CC2. The van der Waals surface area contributed by atoms with Gasteiger partial charge in [-0.25, -0.2) is 0 Å². The van der Waals surface area contributed by atoms with Crippen molar-refractivity contribution in [3.05, 3.63) is 41.0 Å². The third-order valence-electron chi connectivity index (χ3n) is 5.00. The summed E-state index contributed by atoms with van der Waals surface area (Å²) >= 11 is 0. The first-order valence-electron chi connectivity index (χ1n) is 7.55. The summed E-state index contributed by atoms with van der Waals surface area (Å²) in [5.74, 6) is 0.699. The molecule has 114 valence electrons. The predicted octanol–water partition coefficient (Wildman–Crippen LogP) is 2.86. The summed E-state index contributed by atoms with van der Waals surface area (Å²) in [6.07, 6.45) is 1.83. The van der Waals surface area contributed by atoms with E-state index in [2.05, 4.69) is 18.0 Å². The van der Waals surface area contributed by atoms with E-state index in [9.17, 15) is 10.2 Å². The van der Waals surface area contributed by atoms with E-state index in [0.29, 0.717) is 6.04 Å². The van der Waals surface area contributed by atoms with Crippen LogP contribution >= 0.6 is 0 Å². The zero-order valence-corrected chi connectivity index (χ0v) is 12.8. The van der Waals surface area contributed by atoms with E-state index in [0.717, 1.165) is 41.8 Å². The molecule has 1 aliphatic carbocycles. The summed E-state index contributed by atoms with van der Waals surface area (Å²) in [7, 11) is 3.81. The van der Waals surface area contributed by atoms with Gasteiger partial charge >= 0.3 is 0 Å². The maximum absolute atomic E-state index is 10.4. The Morgan fingerprint density at radius 1 is 1.18 bits per heavy atom. The van der Waals surface area contributed by atoms with Gasteiger partial charge in [-0.1, -0.05) is 6.07 Å². The van der Waals surface area contributed by atoms with Crippen molar-refractivity contribution in [3.8, 4) is 28.4 Å². The van der Waals surface area contributed by atoms with Crippen LogP contribution in [0.4, 0.5) is 0 Å². The molecule has 0 amide bonds. The highest BCUT2D eigenvalue weighted by Gasteiger charge is 2.34. The van der Waals surface area contributed by atoms with E-state index < -0.39 is 0 Å². The minimum atomic E-state index is -0.0714. The molecule has 1 heterocycles. The zero-order chi connectivity index (χ0) is 15.4. The Kier molecular flexibility index (Phi) is 2.84. The molecule has 1 aliphatic heterocycles. The molecule has 2 aliphatic rings. The van der Waals surface area contributed by atoms with Crippen molar-refractivity contribution in [1.29, 1.82) is 0 Å². The number of fused-ring (bicyclic) bond motifs is 2. The Bertz CT molecular complexity index is 769. The molecule has 0 bridgehead atoms. The molecule has 0 radical (unpaired) electrons. The van der Waals surface area contributed by atoms with Gasteiger partial charge in [-0.05, 0) is 60.3 Å². The number of benzene rings is 2. The standard InChI is InChI=1S/C18H19NO3/c1-19-6-5-11-7-12(22-2)9-13-16(11)14(19)8-10-3-4-15(20)18(21)17(10)13/h3-4,7,9,14,20-21H,5-6,8H2,1-2H3/t14-/m0/s1. The van der Waals surface area contributed by atoms with Gasteiger partial charge in [0.1, 0.15) is 5.75 Å². The highest BCUT2D eigenvalue weighted by Crippen LogP contribution is 2.51. The quantitative estimate of drug-likeness (QED) is 0.795. The smallest absolute Gasteiger partial charge is 0.165 e. The fourth-order valence-electron chi connectivity index (χ4n) is 3.84. The Morgan fingerprint density at radius 2 is 2.00 bits per heavy atom. The normalized spacial score (nSPS) is 19.5. The number of methoxy groups -OCH3 is 1. The third-order valence-corrected chi connectivity index (χ3v) is 5.00. The van der Waals surface area contributed by atoms with Crippen LogP contribution in [0, 0.1) is 0 Å². The number of hydrogen-bond acceptors (Lipinski definition) is 4. The second-order valence-corrected chi connectivity index (χ2v) is 6.17. The maximum Gasteiger partial charge on any atom is 0.165 e. The lowest BCUT2D eigenvalue weighted by Crippen LogP contribution is -2.35. The number of likely N-dealkylation sites (N-methyl/N-ethyl adjacent to an activating group) is 1. The van der Waals surface area contributed by atoms with E-state index in [1.807, 2.05) is 12.1 Å². The Labute approximate surface area is 129 Å². The van der Waals surface area contributed by atoms with Crippen molar-refractivity contribution < 1.29 is 14.9 Å². The summed E-state index contributed by atoms with van der Waals surface area (Å²) in [6.45, 7) is 1.02. The van der Waals surface area contributed by atoms with Crippen LogP contribution in [-0.4, -0.2) is 35.8 Å². The number of ether oxygens (including phenoxy) is 1. The van der Waals surface area contributed by atoms with Crippen LogP contribution in [0.1, 0.15) is 22.7 Å². The summed E-state index contributed by atoms with van der Waals surface area (Å²) < 4.78 is 5.44. The monoisotopic (exact) mass is 297 g/mol. The number of aromatic hydroxyl groups is 2. The molecule has 0 saturated carbocycles. The molecule has 2 aromatic carbocycles. The van der Waals surface area contributed by atoms with Gasteiger partial charge in [-0.2, -0.15) is 0 Å². The van der Waals surface area contributed by atoms with Crippen LogP contribution in [-0.2, 0) is 12.8 Å². The van der Waals surface area contributed by atoms with Gasteiger partial charge in [0.2, 0.25) is 0 Å². The van der Waals surface area contributed by atoms with Crippen molar-refractivity contribution >= 4 is 0 Å². The molecule has 1 atom stereocenters. The van der Waals surface area contributed by atoms with Gasteiger partial charge in [0.15, 0.2) is 11.5 Å². The molecule has 2 aromatic rings. The molecular weight excluding hydrogens is 278 g/mol. The van der Waals surface area contributed by atoms with Crippen molar-refractivity contribution in [3.63, 3.8) is 0 Å². The first kappa shape index (κ1) is 13.5. The number of phenols is 2. The largest absolute Gasteiger partial charge is 0.504 e. The lowest BCUT2D eigenvalue weighted by Gasteiger charge is -2.40. The third kappa shape index (κ3) is 1.74. The maximum atomic E-state index is 10.4. The van der Waals surface area contributed by atoms with Gasteiger partial charge < -0.3 is 14.9 Å². The molecule has 0 aromatic heterocycles. The van der Waals surface area contributed by atoms with Crippen LogP contribution in [0.5, 0.6) is 17.2 Å². The molecule has 22 heavy (non-hydrogen) atoms. The average molecular weight is 297 g/mol. The second-order valence-electron chi connectivity index (χ2n) is 6.17. The van der Waals surface area contributed by atoms with E-state index in [-0.39, 0.29) is 11.5 Å². The minimum absolute atomic E-state index is 0.0281. The summed E-state index contributed by atoms with van der Waals surface area (Å²) in [5, 5.41) is 20.3. The lowest BCUT2D eigenvalue weighted by molar-refractivity contribution is 0.227. The molecule has 4 heteroatoms. The van der Waals surface area contributed by atoms with Crippen LogP contribution in [0.3, 0.4) is 0 Å². The fraction of sp³-hybridized carbons (Fsp3) is 0.333. The van der Waals surface area contributed by atoms with Crippen LogP contribution in [0.15, 0.2) is 24.3 Å². The zero-order valence-electron chi connectivity index (χ0n) is 12.8. The van der Waals surface area contributed by atoms with Crippen LogP contribution in [0.2, 0.25) is 0 Å². The Balaban J connectivity index is 2.06. The van der Waals surface area contributed by atoms with E-state index in [4.69, 9.17) is 4.74 Å². The topological polar surface area (TPSA) is 52.9 Å². The van der Waals surface area contributed by atoms with Crippen LogP contribution < -0.4 is 4.74 Å². The highest BCUT2D eigenvalue weighted by atomic mass is 16.5. The molecule has 0 saturated heterocycles. The van der Waals surface area contributed by atoms with Crippen molar-refractivity contribution in [2.45, 2.75) is 18.9 Å². The van der Waals surface area contributed by atoms with E-state index in [1.165, 1.54) is 11.1 Å². The van der Waals surface area contributed by atoms with Crippen molar-refractivity contribution in [1.82, 2.24) is 4.90 Å². The molecule has 2 N–H and O–H groups in total. The van der Waals surface area contributed by atoms with Crippen molar-refractivity contribution in [2.75, 3.05) is 20.7 Å². The molecule has 4 nitrogen and oxygen atoms in total. The highest BCUT2D eigenvalue weighted by molar-refractivity contribution is 5.83. The first-order chi connectivity index (χ1) is 10.6. The summed E-state index contributed by atoms with van der Waals surface area (Å²) in [4.78, 5) is 2.37. The molecule has 0 fully saturated rings. The summed E-state index contributed by atoms with van der Waals surface area (Å²) in [5.41, 5.74) is 5.36. The molecule has 0 unspecified atom stereocenters. The molecular formula is C18H19NO3. The molecule has 0 spiro atoms. The van der Waals surface area contributed by atoms with Gasteiger partial charge in [-0.15, -0.1) is 0 Å². The van der Waals surface area contributed by atoms with Crippen molar-refractivity contribution in [2.24, 2.45) is 0 Å². The Hall–Kier alpha value is -2.20. The van der Waals surface area contributed by atoms with Gasteiger partial charge in [0.05, 0.1) is 7.11 Å². The average Bonchev–Trinajstić information content (AvgIpc) is 2.53. The number of rotatable bonds is 1. The van der Waals surface area contributed by atoms with E-state index >= 15 is 0 Å². The Morgan fingerprint density at radius 3 is 2.77 bits per heavy atom. The van der Waals surface area contributed by atoms with Gasteiger partial charge in [0.25, 0.3) is 0 Å². The minimum Gasteiger partial charge on any atom is -0.504 e. The van der Waals surface area contributed by atoms with Gasteiger partial charge in [-0.3, -0.25) is 4.90 Å². The fourth-order valence-corrected chi connectivity index (χ4v) is 3.84. The first-order valence-corrected chi connectivity index (χ1v) is 7.55. The van der Waals surface area contributed by atoms with E-state index in [1.54, 1.807) is 13.2 Å². The summed E-state index contributed by atoms with van der Waals surface area (Å²) in [6, 6.07) is 7.88. The second kappa shape index (κ2) is 4.65. The van der Waals surface area contributed by atoms with Crippen LogP contribution in [0.25, 0.3) is 11.1 Å². The van der Waals surface area contributed by atoms with Gasteiger partial charge in [0, 0.05) is 18.2 Å². The number of hydrogen-bond donors (Lipinski definition) is 2. The number of phenolic OH excluding ortho intramolecular Hbond substituents is 2. The lowest BCUT2D eigenvalue weighted by atomic mass is 9.76. The molecule has 4 rings (SSSR count). The number of nitrogens with zero attached hydrogens (tertiary/aromatic N) is 1. The predicted molar refractivity (Wildman–Crippen MR) is 84.5 cm³/mol.